The maximum Gasteiger partial charge on any atom is 0.257 e. The lowest BCUT2D eigenvalue weighted by molar-refractivity contribution is 0.0662. The van der Waals surface area contributed by atoms with E-state index in [0.29, 0.717) is 12.5 Å². The highest BCUT2D eigenvalue weighted by Crippen LogP contribution is 2.27. The summed E-state index contributed by atoms with van der Waals surface area (Å²) in [6.07, 6.45) is 0.876. The fourth-order valence-electron chi connectivity index (χ4n) is 2.54. The van der Waals surface area contributed by atoms with Crippen LogP contribution in [0.25, 0.3) is 0 Å². The highest BCUT2D eigenvalue weighted by atomic mass is 35.5. The molecule has 21 heavy (non-hydrogen) atoms. The van der Waals surface area contributed by atoms with Crippen LogP contribution in [0.3, 0.4) is 0 Å². The summed E-state index contributed by atoms with van der Waals surface area (Å²) >= 11 is 11.7. The van der Waals surface area contributed by atoms with Crippen LogP contribution in [0.1, 0.15) is 30.6 Å². The molecule has 116 valence electrons. The van der Waals surface area contributed by atoms with E-state index in [2.05, 4.69) is 5.32 Å². The lowest BCUT2D eigenvalue weighted by atomic mass is 10.1. The molecule has 0 bridgehead atoms. The Morgan fingerprint density at radius 3 is 2.67 bits per heavy atom. The van der Waals surface area contributed by atoms with Crippen LogP contribution in [0.4, 0.5) is 4.39 Å². The summed E-state index contributed by atoms with van der Waals surface area (Å²) < 4.78 is 14.1. The van der Waals surface area contributed by atoms with Gasteiger partial charge in [0.1, 0.15) is 5.82 Å². The smallest absolute Gasteiger partial charge is 0.257 e. The Balaban J connectivity index is 2.31. The first kappa shape index (κ1) is 16.5. The van der Waals surface area contributed by atoms with E-state index in [1.54, 1.807) is 4.90 Å². The highest BCUT2D eigenvalue weighted by Gasteiger charge is 2.29. The van der Waals surface area contributed by atoms with Gasteiger partial charge in [0, 0.05) is 19.1 Å². The minimum Gasteiger partial charge on any atom is -0.334 e. The Hall–Kier alpha value is -0.840. The van der Waals surface area contributed by atoms with Gasteiger partial charge in [-0.05, 0) is 31.0 Å². The van der Waals surface area contributed by atoms with E-state index in [9.17, 15) is 9.18 Å². The molecule has 1 fully saturated rings. The third-order valence-corrected chi connectivity index (χ3v) is 4.26. The lowest BCUT2D eigenvalue weighted by Crippen LogP contribution is -2.44. The highest BCUT2D eigenvalue weighted by molar-refractivity contribution is 6.42. The molecule has 0 spiro atoms. The number of amides is 1. The summed E-state index contributed by atoms with van der Waals surface area (Å²) in [5.41, 5.74) is -0.0167. The monoisotopic (exact) mass is 332 g/mol. The second-order valence-corrected chi connectivity index (χ2v) is 6.56. The largest absolute Gasteiger partial charge is 0.334 e. The molecule has 0 saturated carbocycles. The Labute approximate surface area is 134 Å². The molecular formula is C15H19Cl2FN2O. The molecule has 0 radical (unpaired) electrons. The van der Waals surface area contributed by atoms with Gasteiger partial charge in [-0.25, -0.2) is 4.39 Å². The maximum absolute atomic E-state index is 14.1. The molecule has 3 nitrogen and oxygen atoms in total. The molecule has 1 atom stereocenters. The SMILES string of the molecule is CC(C)CN(C(=O)c1cc(Cl)c(Cl)cc1F)C1CCNC1. The normalized spacial score (nSPS) is 18.3. The molecule has 1 amide bonds. The first-order valence-electron chi connectivity index (χ1n) is 7.06. The van der Waals surface area contributed by atoms with Crippen LogP contribution < -0.4 is 5.32 Å². The number of benzene rings is 1. The Bertz CT molecular complexity index is 531. The van der Waals surface area contributed by atoms with Gasteiger partial charge in [0.25, 0.3) is 5.91 Å². The third kappa shape index (κ3) is 3.87. The average Bonchev–Trinajstić information content (AvgIpc) is 2.93. The Morgan fingerprint density at radius 2 is 2.10 bits per heavy atom. The van der Waals surface area contributed by atoms with Gasteiger partial charge in [-0.15, -0.1) is 0 Å². The first-order valence-corrected chi connectivity index (χ1v) is 7.82. The molecule has 1 unspecified atom stereocenters. The molecule has 1 aliphatic rings. The van der Waals surface area contributed by atoms with E-state index in [1.165, 1.54) is 6.07 Å². The van der Waals surface area contributed by atoms with E-state index < -0.39 is 5.82 Å². The van der Waals surface area contributed by atoms with E-state index in [-0.39, 0.29) is 27.6 Å². The average molecular weight is 333 g/mol. The van der Waals surface area contributed by atoms with Crippen LogP contribution in [0.15, 0.2) is 12.1 Å². The van der Waals surface area contributed by atoms with E-state index >= 15 is 0 Å². The van der Waals surface area contributed by atoms with E-state index in [0.717, 1.165) is 25.6 Å². The summed E-state index contributed by atoms with van der Waals surface area (Å²) in [5.74, 6) is -0.650. The van der Waals surface area contributed by atoms with Gasteiger partial charge < -0.3 is 10.2 Å². The molecule has 1 heterocycles. The molecular weight excluding hydrogens is 314 g/mol. The quantitative estimate of drug-likeness (QED) is 0.854. The zero-order chi connectivity index (χ0) is 15.6. The fraction of sp³-hybridized carbons (Fsp3) is 0.533. The summed E-state index contributed by atoms with van der Waals surface area (Å²) in [6, 6.07) is 2.50. The second-order valence-electron chi connectivity index (χ2n) is 5.74. The number of nitrogens with zero attached hydrogens (tertiary/aromatic N) is 1. The number of carbonyl (C=O) groups excluding carboxylic acids is 1. The van der Waals surface area contributed by atoms with Crippen LogP contribution in [0.5, 0.6) is 0 Å². The minimum absolute atomic E-state index is 0.0167. The predicted molar refractivity (Wildman–Crippen MR) is 83.6 cm³/mol. The number of hydrogen-bond acceptors (Lipinski definition) is 2. The van der Waals surface area contributed by atoms with Crippen molar-refractivity contribution in [2.45, 2.75) is 26.3 Å². The first-order chi connectivity index (χ1) is 9.90. The van der Waals surface area contributed by atoms with Crippen molar-refractivity contribution in [3.63, 3.8) is 0 Å². The molecule has 2 rings (SSSR count). The summed E-state index contributed by atoms with van der Waals surface area (Å²) in [6.45, 7) is 6.27. The van der Waals surface area contributed by atoms with Gasteiger partial charge >= 0.3 is 0 Å². The lowest BCUT2D eigenvalue weighted by Gasteiger charge is -2.30. The van der Waals surface area contributed by atoms with Crippen LogP contribution >= 0.6 is 23.2 Å². The van der Waals surface area contributed by atoms with Crippen molar-refractivity contribution in [3.8, 4) is 0 Å². The number of halogens is 3. The van der Waals surface area contributed by atoms with Crippen LogP contribution in [-0.4, -0.2) is 36.5 Å². The summed E-state index contributed by atoms with van der Waals surface area (Å²) in [4.78, 5) is 14.5. The zero-order valence-corrected chi connectivity index (χ0v) is 13.6. The van der Waals surface area contributed by atoms with Crippen molar-refractivity contribution in [3.05, 3.63) is 33.6 Å². The van der Waals surface area contributed by atoms with Crippen molar-refractivity contribution < 1.29 is 9.18 Å². The minimum atomic E-state index is -0.630. The summed E-state index contributed by atoms with van der Waals surface area (Å²) in [5, 5.41) is 3.54. The molecule has 1 aromatic carbocycles. The standard InChI is InChI=1S/C15H19Cl2FN2O/c1-9(2)8-20(10-3-4-19-7-10)15(21)11-5-12(16)13(17)6-14(11)18/h5-6,9-10,19H,3-4,7-8H2,1-2H3. The molecule has 0 aliphatic carbocycles. The van der Waals surface area contributed by atoms with Gasteiger partial charge in [-0.2, -0.15) is 0 Å². The van der Waals surface area contributed by atoms with Gasteiger partial charge in [0.15, 0.2) is 0 Å². The second kappa shape index (κ2) is 6.95. The van der Waals surface area contributed by atoms with Crippen molar-refractivity contribution in [1.29, 1.82) is 0 Å². The topological polar surface area (TPSA) is 32.3 Å². The fourth-order valence-corrected chi connectivity index (χ4v) is 2.85. The van der Waals surface area contributed by atoms with Crippen molar-refractivity contribution in [2.75, 3.05) is 19.6 Å². The number of rotatable bonds is 4. The zero-order valence-electron chi connectivity index (χ0n) is 12.1. The van der Waals surface area contributed by atoms with Gasteiger partial charge in [0.05, 0.1) is 15.6 Å². The predicted octanol–water partition coefficient (Wildman–Crippen LogP) is 3.59. The van der Waals surface area contributed by atoms with Crippen molar-refractivity contribution in [2.24, 2.45) is 5.92 Å². The van der Waals surface area contributed by atoms with Crippen molar-refractivity contribution >= 4 is 29.1 Å². The molecule has 1 N–H and O–H groups in total. The third-order valence-electron chi connectivity index (χ3n) is 3.54. The van der Waals surface area contributed by atoms with Gasteiger partial charge in [-0.3, -0.25) is 4.79 Å². The molecule has 1 aromatic rings. The van der Waals surface area contributed by atoms with Gasteiger partial charge in [0.2, 0.25) is 0 Å². The van der Waals surface area contributed by atoms with Gasteiger partial charge in [-0.1, -0.05) is 37.0 Å². The Morgan fingerprint density at radius 1 is 1.43 bits per heavy atom. The van der Waals surface area contributed by atoms with Crippen molar-refractivity contribution in [1.82, 2.24) is 10.2 Å². The molecule has 1 saturated heterocycles. The molecule has 6 heteroatoms. The summed E-state index contributed by atoms with van der Waals surface area (Å²) in [7, 11) is 0. The molecule has 1 aliphatic heterocycles. The number of carbonyl (C=O) groups is 1. The van der Waals surface area contributed by atoms with Crippen LogP contribution in [0, 0.1) is 11.7 Å². The number of hydrogen-bond donors (Lipinski definition) is 1. The van der Waals surface area contributed by atoms with Crippen LogP contribution in [-0.2, 0) is 0 Å². The maximum atomic E-state index is 14.1. The van der Waals surface area contributed by atoms with E-state index in [1.807, 2.05) is 13.8 Å². The molecule has 0 aromatic heterocycles. The van der Waals surface area contributed by atoms with Crippen LogP contribution in [0.2, 0.25) is 10.0 Å². The van der Waals surface area contributed by atoms with E-state index in [4.69, 9.17) is 23.2 Å². The Kier molecular flexibility index (Phi) is 5.47. The number of nitrogens with one attached hydrogen (secondary N) is 1.